The van der Waals surface area contributed by atoms with Gasteiger partial charge in [-0.1, -0.05) is 76.1 Å². The molecular formula is C20H27NaO3S. The van der Waals surface area contributed by atoms with Gasteiger partial charge in [0.15, 0.2) is 0 Å². The Morgan fingerprint density at radius 2 is 1.36 bits per heavy atom. The zero-order valence-corrected chi connectivity index (χ0v) is 18.3. The van der Waals surface area contributed by atoms with Gasteiger partial charge >= 0.3 is 29.6 Å². The zero-order valence-electron chi connectivity index (χ0n) is 15.5. The van der Waals surface area contributed by atoms with Crippen molar-refractivity contribution in [2.75, 3.05) is 0 Å². The minimum Gasteiger partial charge on any atom is -0.744 e. The summed E-state index contributed by atoms with van der Waals surface area (Å²) in [7, 11) is -4.43. The van der Waals surface area contributed by atoms with Gasteiger partial charge in [0.25, 0.3) is 0 Å². The third-order valence-electron chi connectivity index (χ3n) is 4.50. The van der Waals surface area contributed by atoms with Crippen LogP contribution >= 0.6 is 0 Å². The van der Waals surface area contributed by atoms with E-state index in [0.717, 1.165) is 23.6 Å². The molecule has 0 aliphatic carbocycles. The molecule has 0 aliphatic rings. The van der Waals surface area contributed by atoms with Crippen molar-refractivity contribution in [3.8, 4) is 0 Å². The van der Waals surface area contributed by atoms with Gasteiger partial charge in [-0.15, -0.1) is 0 Å². The molecule has 2 aromatic rings. The molecule has 0 fully saturated rings. The van der Waals surface area contributed by atoms with Crippen LogP contribution in [0.1, 0.15) is 63.9 Å². The molecule has 2 aromatic carbocycles. The van der Waals surface area contributed by atoms with Gasteiger partial charge in [0.2, 0.25) is 0 Å². The number of hydrogen-bond donors (Lipinski definition) is 0. The predicted molar refractivity (Wildman–Crippen MR) is 98.2 cm³/mol. The fourth-order valence-electron chi connectivity index (χ4n) is 3.14. The van der Waals surface area contributed by atoms with Crippen LogP contribution in [0.2, 0.25) is 0 Å². The van der Waals surface area contributed by atoms with Gasteiger partial charge in [-0.3, -0.25) is 0 Å². The molecule has 0 amide bonds. The Hall–Kier alpha value is -0.390. The second-order valence-electron chi connectivity index (χ2n) is 6.49. The molecule has 0 saturated heterocycles. The molecule has 25 heavy (non-hydrogen) atoms. The van der Waals surface area contributed by atoms with Crippen LogP contribution < -0.4 is 29.6 Å². The van der Waals surface area contributed by atoms with E-state index in [1.54, 1.807) is 0 Å². The first-order valence-corrected chi connectivity index (χ1v) is 10.4. The first-order valence-electron chi connectivity index (χ1n) is 9.00. The van der Waals surface area contributed by atoms with Crippen molar-refractivity contribution in [1.29, 1.82) is 0 Å². The normalized spacial score (nSPS) is 11.4. The number of benzene rings is 2. The minimum absolute atomic E-state index is 0. The van der Waals surface area contributed by atoms with E-state index in [1.807, 2.05) is 30.3 Å². The van der Waals surface area contributed by atoms with Crippen LogP contribution in [-0.2, 0) is 16.5 Å². The van der Waals surface area contributed by atoms with Crippen molar-refractivity contribution in [1.82, 2.24) is 0 Å². The molecule has 0 N–H and O–H groups in total. The van der Waals surface area contributed by atoms with Crippen LogP contribution in [0.4, 0.5) is 0 Å². The topological polar surface area (TPSA) is 57.2 Å². The molecule has 0 unspecified atom stereocenters. The molecular weight excluding hydrogens is 343 g/mol. The van der Waals surface area contributed by atoms with Gasteiger partial charge in [0.05, 0.1) is 4.90 Å². The number of hydrogen-bond acceptors (Lipinski definition) is 3. The summed E-state index contributed by atoms with van der Waals surface area (Å²) in [6, 6.07) is 11.0. The molecule has 0 aromatic heterocycles. The van der Waals surface area contributed by atoms with Gasteiger partial charge in [0, 0.05) is 0 Å². The third kappa shape index (κ3) is 7.40. The van der Waals surface area contributed by atoms with Crippen molar-refractivity contribution in [3.05, 3.63) is 42.0 Å². The minimum atomic E-state index is -4.43. The van der Waals surface area contributed by atoms with E-state index in [0.29, 0.717) is 12.0 Å². The predicted octanol–water partition coefficient (Wildman–Crippen LogP) is 2.43. The van der Waals surface area contributed by atoms with Crippen LogP contribution in [0.3, 0.4) is 0 Å². The molecule has 0 saturated carbocycles. The fourth-order valence-corrected chi connectivity index (χ4v) is 3.90. The Morgan fingerprint density at radius 1 is 0.840 bits per heavy atom. The Labute approximate surface area is 174 Å². The van der Waals surface area contributed by atoms with Gasteiger partial charge in [-0.2, -0.15) is 0 Å². The van der Waals surface area contributed by atoms with E-state index in [4.69, 9.17) is 0 Å². The summed E-state index contributed by atoms with van der Waals surface area (Å²) in [5.74, 6) is 0. The quantitative estimate of drug-likeness (QED) is 0.367. The van der Waals surface area contributed by atoms with E-state index >= 15 is 0 Å². The standard InChI is InChI=1S/C20H28O3S.Na/c1-2-3-4-5-6-7-8-9-14-19-15-17-12-10-11-13-18(17)16-20(19)24(21,22)23;/h10-13,15-16H,2-9,14H2,1H3,(H,21,22,23);/q;+1/p-1. The van der Waals surface area contributed by atoms with Crippen LogP contribution in [0.25, 0.3) is 10.8 Å². The summed E-state index contributed by atoms with van der Waals surface area (Å²) < 4.78 is 34.7. The summed E-state index contributed by atoms with van der Waals surface area (Å²) in [6.07, 6.45) is 10.2. The molecule has 3 nitrogen and oxygen atoms in total. The number of fused-ring (bicyclic) bond motifs is 1. The van der Waals surface area contributed by atoms with E-state index in [1.165, 1.54) is 44.6 Å². The molecule has 0 atom stereocenters. The average molecular weight is 370 g/mol. The fraction of sp³-hybridized carbons (Fsp3) is 0.500. The van der Waals surface area contributed by atoms with E-state index in [-0.39, 0.29) is 34.5 Å². The summed E-state index contributed by atoms with van der Waals surface area (Å²) in [5.41, 5.74) is 0.662. The maximum absolute atomic E-state index is 11.6. The van der Waals surface area contributed by atoms with Crippen molar-refractivity contribution in [2.24, 2.45) is 0 Å². The number of unbranched alkanes of at least 4 members (excludes halogenated alkanes) is 7. The second-order valence-corrected chi connectivity index (χ2v) is 7.83. The maximum Gasteiger partial charge on any atom is 1.00 e. The van der Waals surface area contributed by atoms with E-state index in [2.05, 4.69) is 6.92 Å². The summed E-state index contributed by atoms with van der Waals surface area (Å²) in [4.78, 5) is -0.0517. The number of rotatable bonds is 10. The first kappa shape index (κ1) is 22.7. The number of aryl methyl sites for hydroxylation is 1. The third-order valence-corrected chi connectivity index (χ3v) is 5.42. The molecule has 5 heteroatoms. The first-order chi connectivity index (χ1) is 11.5. The van der Waals surface area contributed by atoms with Crippen molar-refractivity contribution in [3.63, 3.8) is 0 Å². The maximum atomic E-state index is 11.6. The molecule has 0 radical (unpaired) electrons. The van der Waals surface area contributed by atoms with Crippen molar-refractivity contribution in [2.45, 2.75) is 69.6 Å². The molecule has 132 valence electrons. The van der Waals surface area contributed by atoms with Crippen molar-refractivity contribution >= 4 is 20.9 Å². The van der Waals surface area contributed by atoms with Crippen LogP contribution in [0, 0.1) is 0 Å². The summed E-state index contributed by atoms with van der Waals surface area (Å²) in [6.45, 7) is 2.21. The molecule has 0 aliphatic heterocycles. The average Bonchev–Trinajstić information content (AvgIpc) is 2.55. The largest absolute Gasteiger partial charge is 1.00 e. The Balaban J connectivity index is 0.00000312. The zero-order chi connectivity index (χ0) is 17.4. The smallest absolute Gasteiger partial charge is 0.744 e. The Morgan fingerprint density at radius 3 is 1.92 bits per heavy atom. The van der Waals surface area contributed by atoms with Crippen molar-refractivity contribution < 1.29 is 42.5 Å². The van der Waals surface area contributed by atoms with Crippen LogP contribution in [0.15, 0.2) is 41.3 Å². The van der Waals surface area contributed by atoms with E-state index in [9.17, 15) is 13.0 Å². The van der Waals surface area contributed by atoms with Gasteiger partial charge in [0.1, 0.15) is 10.1 Å². The van der Waals surface area contributed by atoms with Crippen LogP contribution in [-0.4, -0.2) is 13.0 Å². The Bertz CT molecular complexity index is 757. The monoisotopic (exact) mass is 370 g/mol. The van der Waals surface area contributed by atoms with E-state index < -0.39 is 10.1 Å². The molecule has 0 bridgehead atoms. The molecule has 0 heterocycles. The summed E-state index contributed by atoms with van der Waals surface area (Å²) >= 11 is 0. The van der Waals surface area contributed by atoms with Gasteiger partial charge in [-0.05, 0) is 41.3 Å². The SMILES string of the molecule is CCCCCCCCCCc1cc2ccccc2cc1S(=O)(=O)[O-].[Na+]. The summed E-state index contributed by atoms with van der Waals surface area (Å²) in [5, 5.41) is 1.78. The van der Waals surface area contributed by atoms with Crippen LogP contribution in [0.5, 0.6) is 0 Å². The Kier molecular flexibility index (Phi) is 10.3. The molecule has 2 rings (SSSR count). The molecule has 0 spiro atoms. The van der Waals surface area contributed by atoms with Gasteiger partial charge in [-0.25, -0.2) is 8.42 Å². The van der Waals surface area contributed by atoms with Gasteiger partial charge < -0.3 is 4.55 Å². The second kappa shape index (κ2) is 11.3.